The van der Waals surface area contributed by atoms with E-state index in [4.69, 9.17) is 51.1 Å². The highest BCUT2D eigenvalue weighted by Gasteiger charge is 2.11. The van der Waals surface area contributed by atoms with Gasteiger partial charge in [-0.25, -0.2) is 4.39 Å². The lowest BCUT2D eigenvalue weighted by Gasteiger charge is -2.12. The second-order valence-corrected chi connectivity index (χ2v) is 7.66. The predicted molar refractivity (Wildman–Crippen MR) is 117 cm³/mol. The maximum absolute atomic E-state index is 13.4. The van der Waals surface area contributed by atoms with Gasteiger partial charge in [-0.15, -0.1) is 0 Å². The molecule has 0 aliphatic carbocycles. The number of hydrogen-bond acceptors (Lipinski definition) is 2. The van der Waals surface area contributed by atoms with Gasteiger partial charge < -0.3 is 4.74 Å². The van der Waals surface area contributed by atoms with Crippen LogP contribution in [0.3, 0.4) is 0 Å². The van der Waals surface area contributed by atoms with E-state index in [0.717, 1.165) is 5.56 Å². The van der Waals surface area contributed by atoms with E-state index in [1.54, 1.807) is 42.5 Å². The number of ether oxygens (including phenoxy) is 1. The monoisotopic (exact) mass is 465 g/mol. The zero-order chi connectivity index (χ0) is 21.0. The quantitative estimate of drug-likeness (QED) is 0.281. The lowest BCUT2D eigenvalue weighted by Crippen LogP contribution is -1.97. The number of rotatable bonds is 5. The minimum Gasteiger partial charge on any atom is -0.486 e. The number of hydrogen-bond donors (Lipinski definition) is 0. The molecule has 0 fully saturated rings. The standard InChI is InChI=1S/C22H12Cl4FNO/c23-18-5-4-13(7-19(18)24)12-29-22-20(25)8-14(9-21(22)26)6-16(11-28)15-2-1-3-17(27)10-15/h1-10H,12H2/b16-6-. The highest BCUT2D eigenvalue weighted by atomic mass is 35.5. The van der Waals surface area contributed by atoms with Gasteiger partial charge in [-0.1, -0.05) is 64.6 Å². The van der Waals surface area contributed by atoms with Crippen LogP contribution in [0.1, 0.15) is 16.7 Å². The Kier molecular flexibility index (Phi) is 7.05. The molecule has 0 bridgehead atoms. The number of benzene rings is 3. The molecular weight excluding hydrogens is 455 g/mol. The fourth-order valence-corrected chi connectivity index (χ4v) is 3.52. The summed E-state index contributed by atoms with van der Waals surface area (Å²) >= 11 is 24.6. The van der Waals surface area contributed by atoms with Gasteiger partial charge in [-0.2, -0.15) is 5.26 Å². The fourth-order valence-electron chi connectivity index (χ4n) is 2.59. The van der Waals surface area contributed by atoms with E-state index in [2.05, 4.69) is 6.07 Å². The zero-order valence-electron chi connectivity index (χ0n) is 14.7. The van der Waals surface area contributed by atoms with Crippen molar-refractivity contribution in [2.75, 3.05) is 0 Å². The maximum atomic E-state index is 13.4. The Morgan fingerprint density at radius 3 is 2.28 bits per heavy atom. The lowest BCUT2D eigenvalue weighted by molar-refractivity contribution is 0.306. The molecule has 29 heavy (non-hydrogen) atoms. The Morgan fingerprint density at radius 2 is 1.66 bits per heavy atom. The normalized spacial score (nSPS) is 11.2. The van der Waals surface area contributed by atoms with Crippen molar-refractivity contribution >= 4 is 58.1 Å². The van der Waals surface area contributed by atoms with Gasteiger partial charge in [0.25, 0.3) is 0 Å². The maximum Gasteiger partial charge on any atom is 0.157 e. The zero-order valence-corrected chi connectivity index (χ0v) is 17.7. The van der Waals surface area contributed by atoms with Gasteiger partial charge in [-0.05, 0) is 59.2 Å². The fraction of sp³-hybridized carbons (Fsp3) is 0.0455. The number of halogens is 5. The van der Waals surface area contributed by atoms with Crippen LogP contribution in [0.2, 0.25) is 20.1 Å². The Bertz CT molecular complexity index is 1110. The van der Waals surface area contributed by atoms with Crippen molar-refractivity contribution in [2.24, 2.45) is 0 Å². The SMILES string of the molecule is N#C/C(=C/c1cc(Cl)c(OCc2ccc(Cl)c(Cl)c2)c(Cl)c1)c1cccc(F)c1. The molecule has 0 radical (unpaired) electrons. The van der Waals surface area contributed by atoms with Crippen molar-refractivity contribution in [2.45, 2.75) is 6.61 Å². The molecule has 0 aliphatic heterocycles. The van der Waals surface area contributed by atoms with Crippen molar-refractivity contribution in [1.82, 2.24) is 0 Å². The summed E-state index contributed by atoms with van der Waals surface area (Å²) in [5, 5.41) is 10.9. The second-order valence-electron chi connectivity index (χ2n) is 6.03. The van der Waals surface area contributed by atoms with Crippen LogP contribution in [-0.4, -0.2) is 0 Å². The van der Waals surface area contributed by atoms with E-state index in [0.29, 0.717) is 26.9 Å². The Morgan fingerprint density at radius 1 is 0.931 bits per heavy atom. The Labute approximate surface area is 187 Å². The summed E-state index contributed by atoms with van der Waals surface area (Å²) in [7, 11) is 0. The van der Waals surface area contributed by atoms with Gasteiger partial charge in [0.05, 0.1) is 31.7 Å². The summed E-state index contributed by atoms with van der Waals surface area (Å²) in [6.07, 6.45) is 1.58. The van der Waals surface area contributed by atoms with Crippen molar-refractivity contribution in [3.8, 4) is 11.8 Å². The van der Waals surface area contributed by atoms with Crippen LogP contribution in [0, 0.1) is 17.1 Å². The minimum atomic E-state index is -0.425. The highest BCUT2D eigenvalue weighted by molar-refractivity contribution is 6.42. The molecule has 3 rings (SSSR count). The molecule has 2 nitrogen and oxygen atoms in total. The van der Waals surface area contributed by atoms with Gasteiger partial charge in [0.1, 0.15) is 12.4 Å². The van der Waals surface area contributed by atoms with Crippen LogP contribution in [0.5, 0.6) is 5.75 Å². The molecular formula is C22H12Cl4FNO. The molecule has 0 atom stereocenters. The first kappa shape index (κ1) is 21.5. The van der Waals surface area contributed by atoms with E-state index in [1.165, 1.54) is 18.2 Å². The van der Waals surface area contributed by atoms with E-state index < -0.39 is 5.82 Å². The molecule has 0 saturated carbocycles. The molecule has 0 aliphatic rings. The first-order valence-electron chi connectivity index (χ1n) is 8.31. The number of nitriles is 1. The minimum absolute atomic E-state index is 0.193. The van der Waals surface area contributed by atoms with E-state index in [1.807, 2.05) is 0 Å². The van der Waals surface area contributed by atoms with Crippen LogP contribution < -0.4 is 4.74 Å². The lowest BCUT2D eigenvalue weighted by atomic mass is 10.0. The third-order valence-electron chi connectivity index (χ3n) is 3.95. The van der Waals surface area contributed by atoms with Crippen molar-refractivity contribution in [3.63, 3.8) is 0 Å². The molecule has 0 aromatic heterocycles. The molecule has 0 spiro atoms. The van der Waals surface area contributed by atoms with Gasteiger partial charge in [0.15, 0.2) is 5.75 Å². The molecule has 3 aromatic carbocycles. The van der Waals surface area contributed by atoms with Crippen LogP contribution in [-0.2, 0) is 6.61 Å². The van der Waals surface area contributed by atoms with Gasteiger partial charge in [0.2, 0.25) is 0 Å². The summed E-state index contributed by atoms with van der Waals surface area (Å²) < 4.78 is 19.2. The van der Waals surface area contributed by atoms with Crippen LogP contribution >= 0.6 is 46.4 Å². The average molecular weight is 467 g/mol. The first-order chi connectivity index (χ1) is 13.9. The smallest absolute Gasteiger partial charge is 0.157 e. The largest absolute Gasteiger partial charge is 0.486 e. The molecule has 0 unspecified atom stereocenters. The molecule has 7 heteroatoms. The van der Waals surface area contributed by atoms with Crippen molar-refractivity contribution in [1.29, 1.82) is 5.26 Å². The Balaban J connectivity index is 1.85. The summed E-state index contributed by atoms with van der Waals surface area (Å²) in [5.41, 5.74) is 2.12. The van der Waals surface area contributed by atoms with Crippen LogP contribution in [0.25, 0.3) is 11.6 Å². The number of allylic oxidation sites excluding steroid dienone is 1. The van der Waals surface area contributed by atoms with Gasteiger partial charge >= 0.3 is 0 Å². The summed E-state index contributed by atoms with van der Waals surface area (Å²) in [6.45, 7) is 0.193. The van der Waals surface area contributed by atoms with E-state index in [-0.39, 0.29) is 22.2 Å². The second kappa shape index (κ2) is 9.52. The summed E-state index contributed by atoms with van der Waals surface area (Å²) in [5.74, 6) is -0.119. The molecule has 3 aromatic rings. The van der Waals surface area contributed by atoms with Crippen molar-refractivity contribution < 1.29 is 9.13 Å². The molecule has 0 amide bonds. The first-order valence-corrected chi connectivity index (χ1v) is 9.82. The molecule has 0 saturated heterocycles. The molecule has 0 heterocycles. The highest BCUT2D eigenvalue weighted by Crippen LogP contribution is 2.36. The number of nitrogens with zero attached hydrogens (tertiary/aromatic N) is 1. The topological polar surface area (TPSA) is 33.0 Å². The van der Waals surface area contributed by atoms with Crippen LogP contribution in [0.4, 0.5) is 4.39 Å². The summed E-state index contributed by atoms with van der Waals surface area (Å²) in [4.78, 5) is 0. The Hall–Kier alpha value is -2.22. The summed E-state index contributed by atoms with van der Waals surface area (Å²) in [6, 6.07) is 16.2. The molecule has 146 valence electrons. The van der Waals surface area contributed by atoms with Gasteiger partial charge in [0, 0.05) is 0 Å². The third-order valence-corrected chi connectivity index (χ3v) is 5.26. The van der Waals surface area contributed by atoms with Gasteiger partial charge in [-0.3, -0.25) is 0 Å². The van der Waals surface area contributed by atoms with E-state index >= 15 is 0 Å². The molecule has 0 N–H and O–H groups in total. The average Bonchev–Trinajstić information content (AvgIpc) is 2.68. The van der Waals surface area contributed by atoms with Crippen LogP contribution in [0.15, 0.2) is 54.6 Å². The third kappa shape index (κ3) is 5.44. The van der Waals surface area contributed by atoms with Crippen molar-refractivity contribution in [3.05, 3.63) is 97.2 Å². The predicted octanol–water partition coefficient (Wildman–Crippen LogP) is 8.08. The van der Waals surface area contributed by atoms with E-state index in [9.17, 15) is 9.65 Å².